The number of H-pyrrole nitrogens is 1. The number of ether oxygens (including phenoxy) is 2. The normalized spacial score (nSPS) is 10.4. The molecule has 6 heteroatoms. The van der Waals surface area contributed by atoms with E-state index in [1.807, 2.05) is 25.1 Å². The maximum Gasteiger partial charge on any atom is 0.340 e. The van der Waals surface area contributed by atoms with Gasteiger partial charge in [0.2, 0.25) is 0 Å². The number of anilines is 1. The zero-order valence-corrected chi connectivity index (χ0v) is 15.1. The van der Waals surface area contributed by atoms with Gasteiger partial charge >= 0.3 is 5.97 Å². The number of benzene rings is 1. The van der Waals surface area contributed by atoms with Crippen LogP contribution >= 0.6 is 0 Å². The van der Waals surface area contributed by atoms with E-state index in [0.29, 0.717) is 40.6 Å². The molecule has 0 saturated carbocycles. The predicted molar refractivity (Wildman–Crippen MR) is 96.4 cm³/mol. The summed E-state index contributed by atoms with van der Waals surface area (Å²) >= 11 is 0. The zero-order chi connectivity index (χ0) is 18.4. The summed E-state index contributed by atoms with van der Waals surface area (Å²) in [6.07, 6.45) is 0.875. The van der Waals surface area contributed by atoms with E-state index in [-0.39, 0.29) is 12.5 Å². The molecule has 1 heterocycles. The van der Waals surface area contributed by atoms with Crippen LogP contribution in [0.25, 0.3) is 0 Å². The van der Waals surface area contributed by atoms with Crippen molar-refractivity contribution in [1.82, 2.24) is 4.98 Å². The largest absolute Gasteiger partial charge is 0.491 e. The molecule has 0 aliphatic heterocycles. The van der Waals surface area contributed by atoms with Gasteiger partial charge in [0.25, 0.3) is 5.91 Å². The molecule has 0 saturated heterocycles. The number of amides is 1. The minimum Gasteiger partial charge on any atom is -0.491 e. The molecular formula is C19H24N2O4. The lowest BCUT2D eigenvalue weighted by atomic mass is 10.1. The lowest BCUT2D eigenvalue weighted by Gasteiger charge is -2.11. The minimum absolute atomic E-state index is 0.284. The van der Waals surface area contributed by atoms with Crippen molar-refractivity contribution in [2.24, 2.45) is 0 Å². The van der Waals surface area contributed by atoms with Gasteiger partial charge in [-0.05, 0) is 44.9 Å². The molecule has 0 spiro atoms. The summed E-state index contributed by atoms with van der Waals surface area (Å²) in [5.41, 5.74) is 2.51. The number of rotatable bonds is 7. The predicted octanol–water partition coefficient (Wildman–Crippen LogP) is 3.85. The van der Waals surface area contributed by atoms with Crippen LogP contribution in [0.4, 0.5) is 5.69 Å². The number of carbonyl (C=O) groups excluding carboxylic acids is 2. The Morgan fingerprint density at radius 1 is 1.16 bits per heavy atom. The Kier molecular flexibility index (Phi) is 6.22. The van der Waals surface area contributed by atoms with Crippen LogP contribution in [0.2, 0.25) is 0 Å². The van der Waals surface area contributed by atoms with E-state index in [9.17, 15) is 9.59 Å². The van der Waals surface area contributed by atoms with E-state index in [2.05, 4.69) is 10.3 Å². The first-order valence-electron chi connectivity index (χ1n) is 8.39. The average molecular weight is 344 g/mol. The lowest BCUT2D eigenvalue weighted by molar-refractivity contribution is 0.0525. The molecule has 0 aliphatic rings. The highest BCUT2D eigenvalue weighted by Crippen LogP contribution is 2.26. The molecule has 2 N–H and O–H groups in total. The fourth-order valence-corrected chi connectivity index (χ4v) is 2.58. The molecule has 2 aromatic rings. The monoisotopic (exact) mass is 344 g/mol. The molecule has 0 radical (unpaired) electrons. The number of esters is 1. The SMILES string of the molecule is CCCOc1ccccc1NC(=O)c1[nH]c(C)c(C(=O)OCC)c1C. The van der Waals surface area contributed by atoms with Gasteiger partial charge in [-0.25, -0.2) is 4.79 Å². The Balaban J connectivity index is 2.25. The van der Waals surface area contributed by atoms with Gasteiger partial charge in [0.05, 0.1) is 24.5 Å². The van der Waals surface area contributed by atoms with Crippen LogP contribution < -0.4 is 10.1 Å². The van der Waals surface area contributed by atoms with Gasteiger partial charge in [-0.15, -0.1) is 0 Å². The van der Waals surface area contributed by atoms with E-state index < -0.39 is 5.97 Å². The fourth-order valence-electron chi connectivity index (χ4n) is 2.58. The van der Waals surface area contributed by atoms with Crippen LogP contribution in [0, 0.1) is 13.8 Å². The quantitative estimate of drug-likeness (QED) is 0.748. The van der Waals surface area contributed by atoms with Crippen LogP contribution in [-0.4, -0.2) is 30.1 Å². The van der Waals surface area contributed by atoms with Crippen molar-refractivity contribution in [2.75, 3.05) is 18.5 Å². The summed E-state index contributed by atoms with van der Waals surface area (Å²) in [4.78, 5) is 27.7. The highest BCUT2D eigenvalue weighted by atomic mass is 16.5. The first-order chi connectivity index (χ1) is 12.0. The summed E-state index contributed by atoms with van der Waals surface area (Å²) in [6.45, 7) is 8.09. The van der Waals surface area contributed by atoms with Crippen molar-refractivity contribution < 1.29 is 19.1 Å². The van der Waals surface area contributed by atoms with Gasteiger partial charge in [0.15, 0.2) is 0 Å². The molecule has 2 rings (SSSR count). The van der Waals surface area contributed by atoms with Crippen molar-refractivity contribution in [2.45, 2.75) is 34.1 Å². The van der Waals surface area contributed by atoms with E-state index in [0.717, 1.165) is 6.42 Å². The molecule has 25 heavy (non-hydrogen) atoms. The smallest absolute Gasteiger partial charge is 0.340 e. The maximum atomic E-state index is 12.7. The number of hydrogen-bond donors (Lipinski definition) is 2. The second kappa shape index (κ2) is 8.37. The molecule has 0 unspecified atom stereocenters. The number of nitrogens with one attached hydrogen (secondary N) is 2. The summed E-state index contributed by atoms with van der Waals surface area (Å²) in [5.74, 6) is -0.146. The first-order valence-corrected chi connectivity index (χ1v) is 8.39. The number of aromatic nitrogens is 1. The lowest BCUT2D eigenvalue weighted by Crippen LogP contribution is -2.15. The van der Waals surface area contributed by atoms with Crippen molar-refractivity contribution in [3.63, 3.8) is 0 Å². The van der Waals surface area contributed by atoms with Crippen LogP contribution in [0.3, 0.4) is 0 Å². The third-order valence-electron chi connectivity index (χ3n) is 3.74. The number of aromatic amines is 1. The van der Waals surface area contributed by atoms with Gasteiger partial charge in [0, 0.05) is 5.69 Å². The Bertz CT molecular complexity index is 765. The average Bonchev–Trinajstić information content (AvgIpc) is 2.89. The third kappa shape index (κ3) is 4.21. The van der Waals surface area contributed by atoms with Gasteiger partial charge < -0.3 is 19.8 Å². The second-order valence-electron chi connectivity index (χ2n) is 5.64. The number of para-hydroxylation sites is 2. The van der Waals surface area contributed by atoms with Crippen molar-refractivity contribution >= 4 is 17.6 Å². The van der Waals surface area contributed by atoms with Crippen molar-refractivity contribution in [1.29, 1.82) is 0 Å². The number of hydrogen-bond acceptors (Lipinski definition) is 4. The molecule has 1 amide bonds. The zero-order valence-electron chi connectivity index (χ0n) is 15.1. The minimum atomic E-state index is -0.431. The second-order valence-corrected chi connectivity index (χ2v) is 5.64. The van der Waals surface area contributed by atoms with Crippen LogP contribution in [0.1, 0.15) is 52.4 Å². The van der Waals surface area contributed by atoms with Crippen molar-refractivity contribution in [3.8, 4) is 5.75 Å². The van der Waals surface area contributed by atoms with Gasteiger partial charge in [-0.3, -0.25) is 4.79 Å². The maximum absolute atomic E-state index is 12.7. The highest BCUT2D eigenvalue weighted by molar-refractivity contribution is 6.07. The Labute approximate surface area is 147 Å². The van der Waals surface area contributed by atoms with Crippen molar-refractivity contribution in [3.05, 3.63) is 46.8 Å². The number of aryl methyl sites for hydroxylation is 1. The summed E-state index contributed by atoms with van der Waals surface area (Å²) in [7, 11) is 0. The highest BCUT2D eigenvalue weighted by Gasteiger charge is 2.23. The van der Waals surface area contributed by atoms with E-state index >= 15 is 0 Å². The Morgan fingerprint density at radius 3 is 2.56 bits per heavy atom. The molecular weight excluding hydrogens is 320 g/mol. The molecule has 1 aromatic heterocycles. The summed E-state index contributed by atoms with van der Waals surface area (Å²) in [6, 6.07) is 7.26. The van der Waals surface area contributed by atoms with Crippen LogP contribution in [0.15, 0.2) is 24.3 Å². The van der Waals surface area contributed by atoms with E-state index in [4.69, 9.17) is 9.47 Å². The Hall–Kier alpha value is -2.76. The number of carbonyl (C=O) groups is 2. The summed E-state index contributed by atoms with van der Waals surface area (Å²) < 4.78 is 10.7. The molecule has 0 aliphatic carbocycles. The first kappa shape index (κ1) is 18.6. The topological polar surface area (TPSA) is 80.4 Å². The molecule has 134 valence electrons. The van der Waals surface area contributed by atoms with Crippen LogP contribution in [-0.2, 0) is 4.74 Å². The molecule has 0 atom stereocenters. The van der Waals surface area contributed by atoms with Gasteiger partial charge in [0.1, 0.15) is 11.4 Å². The third-order valence-corrected chi connectivity index (χ3v) is 3.74. The van der Waals surface area contributed by atoms with E-state index in [1.165, 1.54) is 0 Å². The summed E-state index contributed by atoms with van der Waals surface area (Å²) in [5, 5.41) is 2.84. The molecule has 1 aromatic carbocycles. The van der Waals surface area contributed by atoms with E-state index in [1.54, 1.807) is 26.8 Å². The van der Waals surface area contributed by atoms with Crippen LogP contribution in [0.5, 0.6) is 5.75 Å². The van der Waals surface area contributed by atoms with Gasteiger partial charge in [-0.2, -0.15) is 0 Å². The fraction of sp³-hybridized carbons (Fsp3) is 0.368. The molecule has 0 fully saturated rings. The standard InChI is InChI=1S/C19H24N2O4/c1-5-11-25-15-10-8-7-9-14(15)21-18(22)17-12(3)16(13(4)20-17)19(23)24-6-2/h7-10,20H,5-6,11H2,1-4H3,(H,21,22). The molecule has 6 nitrogen and oxygen atoms in total. The molecule has 0 bridgehead atoms. The van der Waals surface area contributed by atoms with Gasteiger partial charge in [-0.1, -0.05) is 19.1 Å². The Morgan fingerprint density at radius 2 is 1.88 bits per heavy atom.